The number of amides is 1. The van der Waals surface area contributed by atoms with E-state index in [-0.39, 0.29) is 18.5 Å². The number of carbonyl (C=O) groups excluding carboxylic acids is 1. The van der Waals surface area contributed by atoms with Crippen LogP contribution < -0.4 is 0 Å². The number of thiophene rings is 2. The van der Waals surface area contributed by atoms with Crippen LogP contribution in [-0.2, 0) is 17.8 Å². The molecule has 0 saturated carbocycles. The molecule has 0 N–H and O–H groups in total. The molecule has 0 aliphatic carbocycles. The molecule has 0 spiro atoms. The van der Waals surface area contributed by atoms with Gasteiger partial charge in [-0.25, -0.2) is 9.67 Å². The highest BCUT2D eigenvalue weighted by Gasteiger charge is 2.33. The zero-order chi connectivity index (χ0) is 16.7. The Bertz CT molecular complexity index is 865. The van der Waals surface area contributed by atoms with Gasteiger partial charge in [-0.15, -0.1) is 22.7 Å². The van der Waals surface area contributed by atoms with Crippen molar-refractivity contribution >= 4 is 28.6 Å². The Morgan fingerprint density at radius 3 is 2.88 bits per heavy atom. The minimum absolute atomic E-state index is 0.0254. The molecule has 0 radical (unpaired) electrons. The van der Waals surface area contributed by atoms with Gasteiger partial charge in [0.25, 0.3) is 0 Å². The lowest BCUT2D eigenvalue weighted by Crippen LogP contribution is -2.41. The molecule has 0 unspecified atom stereocenters. The Labute approximate surface area is 148 Å². The summed E-state index contributed by atoms with van der Waals surface area (Å²) in [6.45, 7) is 4.73. The average Bonchev–Trinajstić information content (AvgIpc) is 3.28. The van der Waals surface area contributed by atoms with Crippen molar-refractivity contribution in [2.24, 2.45) is 0 Å². The van der Waals surface area contributed by atoms with Gasteiger partial charge in [-0.3, -0.25) is 4.79 Å². The van der Waals surface area contributed by atoms with Crippen molar-refractivity contribution in [1.82, 2.24) is 19.7 Å². The number of carbonyl (C=O) groups is 1. The van der Waals surface area contributed by atoms with Gasteiger partial charge in [0.05, 0.1) is 6.04 Å². The molecule has 5 nitrogen and oxygen atoms in total. The maximum Gasteiger partial charge on any atom is 0.245 e. The van der Waals surface area contributed by atoms with Gasteiger partial charge in [-0.2, -0.15) is 5.10 Å². The molecule has 1 aliphatic rings. The first-order valence-electron chi connectivity index (χ1n) is 7.90. The molecule has 124 valence electrons. The first-order valence-corrected chi connectivity index (χ1v) is 9.66. The third-order valence-electron chi connectivity index (χ3n) is 4.35. The van der Waals surface area contributed by atoms with Crippen molar-refractivity contribution in [1.29, 1.82) is 0 Å². The normalized spacial score (nSPS) is 17.1. The van der Waals surface area contributed by atoms with E-state index in [2.05, 4.69) is 33.0 Å². The molecule has 0 bridgehead atoms. The van der Waals surface area contributed by atoms with Crippen LogP contribution in [0.15, 0.2) is 29.0 Å². The first kappa shape index (κ1) is 15.5. The molecular formula is C17H18N4OS2. The van der Waals surface area contributed by atoms with Crippen LogP contribution in [0.2, 0.25) is 0 Å². The quantitative estimate of drug-likeness (QED) is 0.722. The number of nitrogens with zero attached hydrogens (tertiary/aromatic N) is 4. The van der Waals surface area contributed by atoms with Crippen molar-refractivity contribution in [3.8, 4) is 0 Å². The van der Waals surface area contributed by atoms with Crippen LogP contribution in [0.25, 0.3) is 0 Å². The van der Waals surface area contributed by atoms with E-state index in [1.165, 1.54) is 15.3 Å². The summed E-state index contributed by atoms with van der Waals surface area (Å²) in [5.41, 5.74) is 1.27. The zero-order valence-corrected chi connectivity index (χ0v) is 15.2. The van der Waals surface area contributed by atoms with Gasteiger partial charge >= 0.3 is 0 Å². The SMILES string of the molecule is Cc1nc(C)n(CC(=O)N2CCc3sccc3[C@@H]2c2cccs2)n1. The molecule has 3 aromatic heterocycles. The van der Waals surface area contributed by atoms with E-state index in [0.29, 0.717) is 5.82 Å². The lowest BCUT2D eigenvalue weighted by atomic mass is 9.98. The second-order valence-electron chi connectivity index (χ2n) is 5.92. The van der Waals surface area contributed by atoms with Crippen LogP contribution in [0.5, 0.6) is 0 Å². The summed E-state index contributed by atoms with van der Waals surface area (Å²) in [6.07, 6.45) is 0.927. The van der Waals surface area contributed by atoms with Gasteiger partial charge in [0.2, 0.25) is 5.91 Å². The van der Waals surface area contributed by atoms with Crippen LogP contribution in [0.4, 0.5) is 0 Å². The second-order valence-corrected chi connectivity index (χ2v) is 7.90. The minimum Gasteiger partial charge on any atom is -0.329 e. The summed E-state index contributed by atoms with van der Waals surface area (Å²) >= 11 is 3.50. The number of aryl methyl sites for hydroxylation is 2. The molecule has 0 aromatic carbocycles. The molecule has 0 fully saturated rings. The molecule has 0 saturated heterocycles. The Balaban J connectivity index is 1.66. The monoisotopic (exact) mass is 358 g/mol. The van der Waals surface area contributed by atoms with Crippen LogP contribution in [0.3, 0.4) is 0 Å². The van der Waals surface area contributed by atoms with Crippen molar-refractivity contribution < 1.29 is 4.79 Å². The van der Waals surface area contributed by atoms with Crippen molar-refractivity contribution in [3.63, 3.8) is 0 Å². The smallest absolute Gasteiger partial charge is 0.245 e. The van der Waals surface area contributed by atoms with E-state index in [4.69, 9.17) is 0 Å². The van der Waals surface area contributed by atoms with E-state index in [1.54, 1.807) is 27.4 Å². The Morgan fingerprint density at radius 2 is 2.17 bits per heavy atom. The number of hydrogen-bond donors (Lipinski definition) is 0. The Morgan fingerprint density at radius 1 is 1.29 bits per heavy atom. The van der Waals surface area contributed by atoms with Gasteiger partial charge < -0.3 is 4.90 Å². The highest BCUT2D eigenvalue weighted by atomic mass is 32.1. The summed E-state index contributed by atoms with van der Waals surface area (Å²) in [5, 5.41) is 8.53. The van der Waals surface area contributed by atoms with Crippen LogP contribution >= 0.6 is 22.7 Å². The standard InChI is InChI=1S/C17H18N4OS2/c1-11-18-12(2)21(19-11)10-16(22)20-7-5-14-13(6-9-24-14)17(20)15-4-3-8-23-15/h3-4,6,8-9,17H,5,7,10H2,1-2H3/t17-/m1/s1. The van der Waals surface area contributed by atoms with E-state index < -0.39 is 0 Å². The molecule has 1 amide bonds. The zero-order valence-electron chi connectivity index (χ0n) is 13.6. The second kappa shape index (κ2) is 6.14. The summed E-state index contributed by atoms with van der Waals surface area (Å²) in [6, 6.07) is 6.35. The fourth-order valence-electron chi connectivity index (χ4n) is 3.27. The fraction of sp³-hybridized carbons (Fsp3) is 0.353. The van der Waals surface area contributed by atoms with Gasteiger partial charge in [-0.05, 0) is 48.7 Å². The van der Waals surface area contributed by atoms with Crippen LogP contribution in [0.1, 0.15) is 33.0 Å². The maximum absolute atomic E-state index is 13.0. The summed E-state index contributed by atoms with van der Waals surface area (Å²) in [7, 11) is 0. The van der Waals surface area contributed by atoms with Gasteiger partial charge in [0.15, 0.2) is 0 Å². The van der Waals surface area contributed by atoms with E-state index in [9.17, 15) is 4.79 Å². The number of hydrogen-bond acceptors (Lipinski definition) is 5. The maximum atomic E-state index is 13.0. The third-order valence-corrected chi connectivity index (χ3v) is 6.27. The third kappa shape index (κ3) is 2.67. The predicted molar refractivity (Wildman–Crippen MR) is 95.4 cm³/mol. The van der Waals surface area contributed by atoms with E-state index in [0.717, 1.165) is 18.8 Å². The molecule has 24 heavy (non-hydrogen) atoms. The molecule has 4 heterocycles. The van der Waals surface area contributed by atoms with Crippen LogP contribution in [0, 0.1) is 13.8 Å². The highest BCUT2D eigenvalue weighted by molar-refractivity contribution is 7.10. The lowest BCUT2D eigenvalue weighted by molar-refractivity contribution is -0.134. The molecule has 7 heteroatoms. The Kier molecular flexibility index (Phi) is 3.97. The number of rotatable bonds is 3. The molecule has 1 atom stereocenters. The summed E-state index contributed by atoms with van der Waals surface area (Å²) < 4.78 is 1.70. The fourth-order valence-corrected chi connectivity index (χ4v) is 5.03. The topological polar surface area (TPSA) is 51.0 Å². The summed E-state index contributed by atoms with van der Waals surface area (Å²) in [4.78, 5) is 21.9. The van der Waals surface area contributed by atoms with Gasteiger partial charge in [0.1, 0.15) is 18.2 Å². The molecule has 3 aromatic rings. The Hall–Kier alpha value is -1.99. The lowest BCUT2D eigenvalue weighted by Gasteiger charge is -2.35. The number of aromatic nitrogens is 3. The predicted octanol–water partition coefficient (Wildman–Crippen LogP) is 3.19. The van der Waals surface area contributed by atoms with Crippen molar-refractivity contribution in [2.75, 3.05) is 6.54 Å². The largest absolute Gasteiger partial charge is 0.329 e. The van der Waals surface area contributed by atoms with E-state index in [1.807, 2.05) is 24.8 Å². The van der Waals surface area contributed by atoms with Crippen molar-refractivity contribution in [2.45, 2.75) is 32.9 Å². The van der Waals surface area contributed by atoms with Gasteiger partial charge in [0, 0.05) is 16.3 Å². The highest BCUT2D eigenvalue weighted by Crippen LogP contribution is 2.39. The van der Waals surface area contributed by atoms with E-state index >= 15 is 0 Å². The molecular weight excluding hydrogens is 340 g/mol. The molecule has 4 rings (SSSR count). The molecule has 1 aliphatic heterocycles. The first-order chi connectivity index (χ1) is 11.6. The number of fused-ring (bicyclic) bond motifs is 1. The average molecular weight is 358 g/mol. The minimum atomic E-state index is 0.0254. The van der Waals surface area contributed by atoms with Crippen LogP contribution in [-0.4, -0.2) is 32.1 Å². The summed E-state index contributed by atoms with van der Waals surface area (Å²) in [5.74, 6) is 1.58. The van der Waals surface area contributed by atoms with Crippen molar-refractivity contribution in [3.05, 3.63) is 55.9 Å². The van der Waals surface area contributed by atoms with Gasteiger partial charge in [-0.1, -0.05) is 6.07 Å².